The summed E-state index contributed by atoms with van der Waals surface area (Å²) in [5, 5.41) is 2.04. The molecule has 0 heterocycles. The molecular formula is C13H20N2O3S. The van der Waals surface area contributed by atoms with Crippen LogP contribution in [0.5, 0.6) is 5.75 Å². The lowest BCUT2D eigenvalue weighted by atomic mass is 10.2. The molecule has 2 unspecified atom stereocenters. The third kappa shape index (κ3) is 3.96. The molecule has 0 aliphatic rings. The lowest BCUT2D eigenvalue weighted by Crippen LogP contribution is -2.32. The number of carbonyl (C=O) groups excluding carboxylic acids is 1. The zero-order valence-corrected chi connectivity index (χ0v) is 12.4. The summed E-state index contributed by atoms with van der Waals surface area (Å²) in [7, 11) is 0.332. The molecule has 1 rings (SSSR count). The van der Waals surface area contributed by atoms with Crippen molar-refractivity contribution in [3.63, 3.8) is 0 Å². The molecule has 1 aromatic rings. The fourth-order valence-electron chi connectivity index (χ4n) is 1.53. The molecule has 0 fully saturated rings. The van der Waals surface area contributed by atoms with Crippen LogP contribution in [0.2, 0.25) is 0 Å². The average molecular weight is 284 g/mol. The van der Waals surface area contributed by atoms with Gasteiger partial charge in [0.2, 0.25) is 5.91 Å². The number of nitrogen functional groups attached to an aromatic ring is 1. The van der Waals surface area contributed by atoms with E-state index in [1.54, 1.807) is 32.2 Å². The van der Waals surface area contributed by atoms with E-state index in [1.807, 2.05) is 13.8 Å². The number of benzene rings is 1. The zero-order chi connectivity index (χ0) is 14.6. The van der Waals surface area contributed by atoms with Crippen LogP contribution in [0.3, 0.4) is 0 Å². The van der Waals surface area contributed by atoms with E-state index in [1.165, 1.54) is 0 Å². The van der Waals surface area contributed by atoms with Crippen LogP contribution < -0.4 is 15.8 Å². The zero-order valence-electron chi connectivity index (χ0n) is 11.6. The Morgan fingerprint density at radius 2 is 2.00 bits per heavy atom. The Balaban J connectivity index is 2.80. The first-order valence-corrected chi connectivity index (χ1v) is 7.28. The summed E-state index contributed by atoms with van der Waals surface area (Å²) in [6, 6.07) is 4.99. The smallest absolute Gasteiger partial charge is 0.239 e. The molecule has 0 spiro atoms. The van der Waals surface area contributed by atoms with Gasteiger partial charge in [-0.05, 0) is 19.1 Å². The Morgan fingerprint density at radius 3 is 2.47 bits per heavy atom. The molecule has 0 saturated heterocycles. The molecule has 0 aromatic heterocycles. The number of rotatable bonds is 5. The highest BCUT2D eigenvalue weighted by atomic mass is 32.2. The lowest BCUT2D eigenvalue weighted by molar-refractivity contribution is -0.115. The first kappa shape index (κ1) is 15.5. The molecule has 6 heteroatoms. The molecule has 106 valence electrons. The van der Waals surface area contributed by atoms with Crippen molar-refractivity contribution < 1.29 is 13.7 Å². The fourth-order valence-corrected chi connectivity index (χ4v) is 2.62. The van der Waals surface area contributed by atoms with Crippen LogP contribution in [0.15, 0.2) is 18.2 Å². The van der Waals surface area contributed by atoms with Gasteiger partial charge in [0.25, 0.3) is 0 Å². The van der Waals surface area contributed by atoms with Crippen molar-refractivity contribution in [2.45, 2.75) is 31.3 Å². The van der Waals surface area contributed by atoms with E-state index in [0.29, 0.717) is 17.1 Å². The van der Waals surface area contributed by atoms with Crippen molar-refractivity contribution >= 4 is 28.1 Å². The maximum absolute atomic E-state index is 12.0. The van der Waals surface area contributed by atoms with Crippen LogP contribution >= 0.6 is 0 Å². The lowest BCUT2D eigenvalue weighted by Gasteiger charge is -2.15. The number of amides is 1. The molecule has 1 amide bonds. The van der Waals surface area contributed by atoms with Gasteiger partial charge in [0.1, 0.15) is 11.0 Å². The number of carbonyl (C=O) groups is 1. The second kappa shape index (κ2) is 6.56. The van der Waals surface area contributed by atoms with Gasteiger partial charge in [-0.15, -0.1) is 0 Å². The van der Waals surface area contributed by atoms with Crippen molar-refractivity contribution in [1.29, 1.82) is 0 Å². The maximum Gasteiger partial charge on any atom is 0.239 e. The molecule has 19 heavy (non-hydrogen) atoms. The summed E-state index contributed by atoms with van der Waals surface area (Å²) in [6.45, 7) is 5.29. The number of hydrogen-bond donors (Lipinski definition) is 2. The van der Waals surface area contributed by atoms with Gasteiger partial charge in [-0.25, -0.2) is 0 Å². The quantitative estimate of drug-likeness (QED) is 0.807. The third-order valence-electron chi connectivity index (χ3n) is 2.70. The standard InChI is InChI=1S/C13H20N2O3S/c1-8(2)19(17)9(3)13(16)15-12-6-5-10(18-4)7-11(12)14/h5-9H,14H2,1-4H3,(H,15,16). The molecule has 0 aliphatic carbocycles. The van der Waals surface area contributed by atoms with Crippen LogP contribution in [-0.2, 0) is 15.6 Å². The number of methoxy groups -OCH3 is 1. The Morgan fingerprint density at radius 1 is 1.37 bits per heavy atom. The molecule has 5 nitrogen and oxygen atoms in total. The van der Waals surface area contributed by atoms with Crippen molar-refractivity contribution in [3.05, 3.63) is 18.2 Å². The third-order valence-corrected chi connectivity index (χ3v) is 4.54. The molecule has 0 bridgehead atoms. The van der Waals surface area contributed by atoms with E-state index in [0.717, 1.165) is 0 Å². The Kier molecular flexibility index (Phi) is 5.35. The van der Waals surface area contributed by atoms with E-state index in [4.69, 9.17) is 10.5 Å². The normalized spacial score (nSPS) is 13.9. The molecular weight excluding hydrogens is 264 g/mol. The SMILES string of the molecule is COc1ccc(NC(=O)C(C)S(=O)C(C)C)c(N)c1. The largest absolute Gasteiger partial charge is 0.497 e. The highest BCUT2D eigenvalue weighted by molar-refractivity contribution is 7.87. The Bertz CT molecular complexity index is 489. The van der Waals surface area contributed by atoms with E-state index >= 15 is 0 Å². The summed E-state index contributed by atoms with van der Waals surface area (Å²) in [5.74, 6) is 0.318. The van der Waals surface area contributed by atoms with Crippen LogP contribution in [0, 0.1) is 0 Å². The molecule has 0 radical (unpaired) electrons. The summed E-state index contributed by atoms with van der Waals surface area (Å²) >= 11 is 0. The summed E-state index contributed by atoms with van der Waals surface area (Å²) in [5.41, 5.74) is 6.72. The van der Waals surface area contributed by atoms with Crippen LogP contribution in [0.4, 0.5) is 11.4 Å². The maximum atomic E-state index is 12.0. The van der Waals surface area contributed by atoms with Crippen LogP contribution in [0.25, 0.3) is 0 Å². The Labute approximate surface area is 116 Å². The van der Waals surface area contributed by atoms with E-state index < -0.39 is 16.0 Å². The topological polar surface area (TPSA) is 81.4 Å². The number of nitrogens with one attached hydrogen (secondary N) is 1. The highest BCUT2D eigenvalue weighted by Gasteiger charge is 2.22. The molecule has 1 aromatic carbocycles. The van der Waals surface area contributed by atoms with Gasteiger partial charge < -0.3 is 15.8 Å². The number of ether oxygens (including phenoxy) is 1. The first-order valence-electron chi connectivity index (χ1n) is 6.00. The van der Waals surface area contributed by atoms with Crippen molar-refractivity contribution in [2.24, 2.45) is 0 Å². The van der Waals surface area contributed by atoms with E-state index in [-0.39, 0.29) is 11.2 Å². The van der Waals surface area contributed by atoms with Crippen LogP contribution in [0.1, 0.15) is 20.8 Å². The van der Waals surface area contributed by atoms with Gasteiger partial charge in [-0.2, -0.15) is 0 Å². The first-order chi connectivity index (χ1) is 8.86. The average Bonchev–Trinajstić information content (AvgIpc) is 2.38. The van der Waals surface area contributed by atoms with Crippen molar-refractivity contribution in [2.75, 3.05) is 18.2 Å². The number of nitrogens with two attached hydrogens (primary N) is 1. The highest BCUT2D eigenvalue weighted by Crippen LogP contribution is 2.24. The van der Waals surface area contributed by atoms with Crippen molar-refractivity contribution in [3.8, 4) is 5.75 Å². The Hall–Kier alpha value is -1.56. The monoisotopic (exact) mass is 284 g/mol. The second-order valence-electron chi connectivity index (χ2n) is 4.46. The summed E-state index contributed by atoms with van der Waals surface area (Å²) < 4.78 is 16.9. The van der Waals surface area contributed by atoms with Crippen molar-refractivity contribution in [1.82, 2.24) is 0 Å². The van der Waals surface area contributed by atoms with Gasteiger partial charge in [0.15, 0.2) is 0 Å². The predicted molar refractivity (Wildman–Crippen MR) is 78.8 cm³/mol. The minimum absolute atomic E-state index is 0.0611. The minimum Gasteiger partial charge on any atom is -0.497 e. The van der Waals surface area contributed by atoms with Gasteiger partial charge in [-0.3, -0.25) is 9.00 Å². The van der Waals surface area contributed by atoms with Gasteiger partial charge in [0, 0.05) is 22.1 Å². The van der Waals surface area contributed by atoms with Crippen LogP contribution in [-0.4, -0.2) is 27.7 Å². The summed E-state index contributed by atoms with van der Waals surface area (Å²) in [4.78, 5) is 12.0. The number of hydrogen-bond acceptors (Lipinski definition) is 4. The van der Waals surface area contributed by atoms with Gasteiger partial charge in [-0.1, -0.05) is 13.8 Å². The molecule has 3 N–H and O–H groups in total. The molecule has 2 atom stereocenters. The fraction of sp³-hybridized carbons (Fsp3) is 0.462. The van der Waals surface area contributed by atoms with Gasteiger partial charge in [0.05, 0.1) is 18.5 Å². The predicted octanol–water partition coefficient (Wildman–Crippen LogP) is 1.76. The van der Waals surface area contributed by atoms with Gasteiger partial charge >= 0.3 is 0 Å². The summed E-state index contributed by atoms with van der Waals surface area (Å²) in [6.07, 6.45) is 0. The molecule has 0 aliphatic heterocycles. The number of anilines is 2. The minimum atomic E-state index is -1.21. The van der Waals surface area contributed by atoms with E-state index in [9.17, 15) is 9.00 Å². The van der Waals surface area contributed by atoms with E-state index in [2.05, 4.69) is 5.32 Å². The second-order valence-corrected chi connectivity index (χ2v) is 6.77. The molecule has 0 saturated carbocycles.